The smallest absolute Gasteiger partial charge is 0.237 e. The Morgan fingerprint density at radius 1 is 0.938 bits per heavy atom. The standard InChI is InChI=1S/C23H18N4O3S2/c1-28-14-9-10-16(18(12-14)29-2)21-25-20(30-27-21)13-32-23-15-6-3-4-7-17(15)24-22(26-23)19-8-5-11-31-19/h3-12H,13H2,1-2H3. The number of methoxy groups -OCH3 is 2. The van der Waals surface area contributed by atoms with E-state index in [2.05, 4.69) is 10.1 Å². The highest BCUT2D eigenvalue weighted by Crippen LogP contribution is 2.34. The number of hydrogen-bond acceptors (Lipinski definition) is 9. The van der Waals surface area contributed by atoms with Gasteiger partial charge in [-0.25, -0.2) is 9.97 Å². The first kappa shape index (κ1) is 20.5. The Hall–Kier alpha value is -3.43. The monoisotopic (exact) mass is 462 g/mol. The number of thiophene rings is 1. The molecule has 3 heterocycles. The second kappa shape index (κ2) is 8.97. The Morgan fingerprint density at radius 3 is 2.66 bits per heavy atom. The molecule has 0 N–H and O–H groups in total. The van der Waals surface area contributed by atoms with E-state index in [1.807, 2.05) is 53.9 Å². The van der Waals surface area contributed by atoms with Gasteiger partial charge < -0.3 is 14.0 Å². The predicted octanol–water partition coefficient (Wildman–Crippen LogP) is 5.72. The van der Waals surface area contributed by atoms with Crippen LogP contribution in [-0.4, -0.2) is 34.3 Å². The van der Waals surface area contributed by atoms with Gasteiger partial charge in [0.05, 0.1) is 35.9 Å². The van der Waals surface area contributed by atoms with Gasteiger partial charge in [-0.1, -0.05) is 41.2 Å². The van der Waals surface area contributed by atoms with Crippen molar-refractivity contribution in [3.8, 4) is 33.6 Å². The molecule has 32 heavy (non-hydrogen) atoms. The van der Waals surface area contributed by atoms with Crippen molar-refractivity contribution in [3.63, 3.8) is 0 Å². The number of aromatic nitrogens is 4. The van der Waals surface area contributed by atoms with Crippen LogP contribution in [0.5, 0.6) is 11.5 Å². The van der Waals surface area contributed by atoms with Crippen LogP contribution in [0.25, 0.3) is 33.0 Å². The maximum absolute atomic E-state index is 5.50. The van der Waals surface area contributed by atoms with Gasteiger partial charge in [0, 0.05) is 11.5 Å². The first-order valence-corrected chi connectivity index (χ1v) is 11.6. The fourth-order valence-corrected chi connectivity index (χ4v) is 4.72. The molecule has 0 fully saturated rings. The molecule has 0 spiro atoms. The maximum atomic E-state index is 5.50. The molecule has 0 atom stereocenters. The molecule has 9 heteroatoms. The van der Waals surface area contributed by atoms with Gasteiger partial charge in [-0.3, -0.25) is 0 Å². The summed E-state index contributed by atoms with van der Waals surface area (Å²) in [5, 5.41) is 8.02. The van der Waals surface area contributed by atoms with E-state index in [1.165, 1.54) is 0 Å². The summed E-state index contributed by atoms with van der Waals surface area (Å²) >= 11 is 3.16. The Morgan fingerprint density at radius 2 is 1.84 bits per heavy atom. The molecular weight excluding hydrogens is 444 g/mol. The summed E-state index contributed by atoms with van der Waals surface area (Å²) in [4.78, 5) is 15.1. The van der Waals surface area contributed by atoms with Crippen LogP contribution in [0, 0.1) is 0 Å². The molecule has 0 bridgehead atoms. The molecule has 0 amide bonds. The molecule has 0 aliphatic rings. The molecular formula is C23H18N4O3S2. The third-order valence-electron chi connectivity index (χ3n) is 4.76. The summed E-state index contributed by atoms with van der Waals surface area (Å²) in [5.74, 6) is 3.48. The second-order valence-electron chi connectivity index (χ2n) is 6.71. The Balaban J connectivity index is 1.42. The van der Waals surface area contributed by atoms with Gasteiger partial charge in [0.25, 0.3) is 0 Å². The zero-order valence-electron chi connectivity index (χ0n) is 17.3. The van der Waals surface area contributed by atoms with Crippen molar-refractivity contribution in [2.24, 2.45) is 0 Å². The van der Waals surface area contributed by atoms with E-state index in [0.29, 0.717) is 29.0 Å². The molecule has 3 aromatic heterocycles. The third-order valence-corrected chi connectivity index (χ3v) is 6.60. The largest absolute Gasteiger partial charge is 0.497 e. The van der Waals surface area contributed by atoms with Crippen molar-refractivity contribution in [1.82, 2.24) is 20.1 Å². The zero-order valence-corrected chi connectivity index (χ0v) is 18.9. The van der Waals surface area contributed by atoms with Gasteiger partial charge >= 0.3 is 0 Å². The number of nitrogens with zero attached hydrogens (tertiary/aromatic N) is 4. The van der Waals surface area contributed by atoms with E-state index in [1.54, 1.807) is 43.4 Å². The van der Waals surface area contributed by atoms with E-state index >= 15 is 0 Å². The molecule has 7 nitrogen and oxygen atoms in total. The lowest BCUT2D eigenvalue weighted by molar-refractivity contribution is 0.388. The Kier molecular flexibility index (Phi) is 5.74. The lowest BCUT2D eigenvalue weighted by atomic mass is 10.2. The van der Waals surface area contributed by atoms with Crippen LogP contribution in [-0.2, 0) is 5.75 Å². The quantitative estimate of drug-likeness (QED) is 0.224. The summed E-state index contributed by atoms with van der Waals surface area (Å²) in [6.07, 6.45) is 0. The lowest BCUT2D eigenvalue weighted by Gasteiger charge is -2.07. The molecule has 2 aromatic carbocycles. The van der Waals surface area contributed by atoms with Crippen LogP contribution in [0.3, 0.4) is 0 Å². The number of thioether (sulfide) groups is 1. The fraction of sp³-hybridized carbons (Fsp3) is 0.130. The number of para-hydroxylation sites is 1. The van der Waals surface area contributed by atoms with Crippen LogP contribution in [0.1, 0.15) is 5.89 Å². The van der Waals surface area contributed by atoms with Crippen LogP contribution in [0.4, 0.5) is 0 Å². The second-order valence-corrected chi connectivity index (χ2v) is 8.63. The number of rotatable bonds is 7. The van der Waals surface area contributed by atoms with Gasteiger partial charge in [-0.2, -0.15) is 4.98 Å². The van der Waals surface area contributed by atoms with E-state index in [-0.39, 0.29) is 0 Å². The molecule has 0 unspecified atom stereocenters. The number of benzene rings is 2. The molecule has 5 rings (SSSR count). The third kappa shape index (κ3) is 4.04. The minimum Gasteiger partial charge on any atom is -0.497 e. The highest BCUT2D eigenvalue weighted by Gasteiger charge is 2.16. The zero-order chi connectivity index (χ0) is 21.9. The van der Waals surface area contributed by atoms with Crippen molar-refractivity contribution >= 4 is 34.0 Å². The lowest BCUT2D eigenvalue weighted by Crippen LogP contribution is -1.93. The maximum Gasteiger partial charge on any atom is 0.237 e. The molecule has 5 aromatic rings. The minimum atomic E-state index is 0.465. The van der Waals surface area contributed by atoms with Gasteiger partial charge in [0.15, 0.2) is 5.82 Å². The van der Waals surface area contributed by atoms with Gasteiger partial charge in [-0.05, 0) is 29.6 Å². The Labute approximate surface area is 192 Å². The molecule has 0 saturated carbocycles. The molecule has 0 aliphatic heterocycles. The summed E-state index contributed by atoms with van der Waals surface area (Å²) < 4.78 is 16.2. The van der Waals surface area contributed by atoms with Crippen LogP contribution < -0.4 is 9.47 Å². The van der Waals surface area contributed by atoms with Crippen molar-refractivity contribution in [3.05, 3.63) is 65.9 Å². The summed E-state index contributed by atoms with van der Waals surface area (Å²) in [5.41, 5.74) is 1.64. The van der Waals surface area contributed by atoms with E-state index in [4.69, 9.17) is 24.0 Å². The number of ether oxygens (including phenoxy) is 2. The molecule has 0 saturated heterocycles. The highest BCUT2D eigenvalue weighted by atomic mass is 32.2. The van der Waals surface area contributed by atoms with E-state index in [0.717, 1.165) is 32.2 Å². The van der Waals surface area contributed by atoms with Gasteiger partial charge in [-0.15, -0.1) is 11.3 Å². The molecule has 0 radical (unpaired) electrons. The van der Waals surface area contributed by atoms with Gasteiger partial charge in [0.1, 0.15) is 16.5 Å². The molecule has 160 valence electrons. The van der Waals surface area contributed by atoms with Crippen LogP contribution in [0.2, 0.25) is 0 Å². The topological polar surface area (TPSA) is 83.2 Å². The minimum absolute atomic E-state index is 0.465. The van der Waals surface area contributed by atoms with Crippen molar-refractivity contribution in [1.29, 1.82) is 0 Å². The van der Waals surface area contributed by atoms with E-state index < -0.39 is 0 Å². The van der Waals surface area contributed by atoms with E-state index in [9.17, 15) is 0 Å². The predicted molar refractivity (Wildman–Crippen MR) is 125 cm³/mol. The summed E-state index contributed by atoms with van der Waals surface area (Å²) in [7, 11) is 3.21. The van der Waals surface area contributed by atoms with Crippen LogP contribution >= 0.6 is 23.1 Å². The average molecular weight is 463 g/mol. The van der Waals surface area contributed by atoms with Crippen molar-refractivity contribution < 1.29 is 14.0 Å². The van der Waals surface area contributed by atoms with Crippen molar-refractivity contribution in [2.75, 3.05) is 14.2 Å². The van der Waals surface area contributed by atoms with Gasteiger partial charge in [0.2, 0.25) is 11.7 Å². The normalized spacial score (nSPS) is 11.1. The number of fused-ring (bicyclic) bond motifs is 1. The SMILES string of the molecule is COc1ccc(-c2noc(CSc3nc(-c4cccs4)nc4ccccc34)n2)c(OC)c1. The number of hydrogen-bond donors (Lipinski definition) is 0. The molecule has 0 aliphatic carbocycles. The van der Waals surface area contributed by atoms with Crippen molar-refractivity contribution in [2.45, 2.75) is 10.8 Å². The fourth-order valence-electron chi connectivity index (χ4n) is 3.21. The average Bonchev–Trinajstić information content (AvgIpc) is 3.54. The summed E-state index contributed by atoms with van der Waals surface area (Å²) in [6, 6.07) is 17.5. The first-order valence-electron chi connectivity index (χ1n) is 9.73. The van der Waals surface area contributed by atoms with Crippen LogP contribution in [0.15, 0.2) is 69.5 Å². The highest BCUT2D eigenvalue weighted by molar-refractivity contribution is 7.98. The first-order chi connectivity index (χ1) is 15.7. The summed E-state index contributed by atoms with van der Waals surface area (Å²) in [6.45, 7) is 0. The Bertz CT molecular complexity index is 1370.